The Hall–Kier alpha value is -4.79. The Morgan fingerprint density at radius 2 is 1.52 bits per heavy atom. The van der Waals surface area contributed by atoms with Crippen LogP contribution in [-0.2, 0) is 11.3 Å². The van der Waals surface area contributed by atoms with Crippen molar-refractivity contribution in [2.75, 3.05) is 16.0 Å². The van der Waals surface area contributed by atoms with E-state index in [1.54, 1.807) is 18.6 Å². The number of carbonyl (C=O) groups excluding carboxylic acids is 1. The number of imidazole rings is 1. The molecule has 1 amide bonds. The summed E-state index contributed by atoms with van der Waals surface area (Å²) in [6.07, 6.45) is 4.86. The van der Waals surface area contributed by atoms with Gasteiger partial charge in [-0.3, -0.25) is 4.79 Å². The van der Waals surface area contributed by atoms with Crippen molar-refractivity contribution in [1.82, 2.24) is 24.5 Å². The largest absolute Gasteiger partial charge is 0.340 e. The molecule has 9 nitrogen and oxygen atoms in total. The summed E-state index contributed by atoms with van der Waals surface area (Å²) in [5.41, 5.74) is 3.32. The summed E-state index contributed by atoms with van der Waals surface area (Å²) in [5.74, 6) is 1.83. The monoisotopic (exact) mass is 436 g/mol. The molecule has 0 saturated carbocycles. The number of hydrogen-bond donors (Lipinski definition) is 3. The van der Waals surface area contributed by atoms with E-state index in [1.807, 2.05) is 71.3 Å². The lowest BCUT2D eigenvalue weighted by atomic mass is 10.2. The standard InChI is InChI=1S/C24H20N8O/c33-24(14-32-16-28-19-5-1-2-6-20(19)32)30-18-10-8-17(9-11-18)29-22-13-23(27-15-26-22)31-21-7-3-4-12-25-21/h1-13,15-16H,14H2,(H,30,33)(H2,25,26,27,29,31). The molecule has 0 radical (unpaired) electrons. The molecule has 0 bridgehead atoms. The maximum Gasteiger partial charge on any atom is 0.244 e. The molecule has 9 heteroatoms. The molecule has 5 aromatic rings. The minimum Gasteiger partial charge on any atom is -0.340 e. The Morgan fingerprint density at radius 3 is 2.33 bits per heavy atom. The number of aromatic nitrogens is 5. The molecule has 0 fully saturated rings. The first-order chi connectivity index (χ1) is 16.2. The predicted octanol–water partition coefficient (Wildman–Crippen LogP) is 4.35. The van der Waals surface area contributed by atoms with E-state index in [1.165, 1.54) is 6.33 Å². The van der Waals surface area contributed by atoms with Gasteiger partial charge in [0.05, 0.1) is 17.4 Å². The Labute approximate surface area is 189 Å². The second-order valence-electron chi connectivity index (χ2n) is 7.24. The number of pyridine rings is 1. The molecule has 5 rings (SSSR count). The van der Waals surface area contributed by atoms with Crippen LogP contribution in [0.3, 0.4) is 0 Å². The van der Waals surface area contributed by atoms with E-state index in [2.05, 4.69) is 35.9 Å². The van der Waals surface area contributed by atoms with Gasteiger partial charge in [0, 0.05) is 23.6 Å². The SMILES string of the molecule is O=C(Cn1cnc2ccccc21)Nc1ccc(Nc2cc(Nc3ccccn3)ncn2)cc1. The first kappa shape index (κ1) is 20.1. The van der Waals surface area contributed by atoms with Crippen LogP contribution in [0.2, 0.25) is 0 Å². The molecule has 0 unspecified atom stereocenters. The molecule has 162 valence electrons. The minimum absolute atomic E-state index is 0.125. The smallest absolute Gasteiger partial charge is 0.244 e. The summed E-state index contributed by atoms with van der Waals surface area (Å²) < 4.78 is 1.83. The number of anilines is 5. The summed E-state index contributed by atoms with van der Waals surface area (Å²) >= 11 is 0. The molecule has 3 N–H and O–H groups in total. The molecular formula is C24H20N8O. The fraction of sp³-hybridized carbons (Fsp3) is 0.0417. The van der Waals surface area contributed by atoms with Crippen molar-refractivity contribution in [3.63, 3.8) is 0 Å². The van der Waals surface area contributed by atoms with Crippen LogP contribution in [0.1, 0.15) is 0 Å². The van der Waals surface area contributed by atoms with E-state index >= 15 is 0 Å². The normalized spacial score (nSPS) is 10.7. The average Bonchev–Trinajstić information content (AvgIpc) is 3.24. The Bertz CT molecular complexity index is 1380. The fourth-order valence-electron chi connectivity index (χ4n) is 3.34. The lowest BCUT2D eigenvalue weighted by molar-refractivity contribution is -0.116. The van der Waals surface area contributed by atoms with Crippen molar-refractivity contribution in [3.8, 4) is 0 Å². The van der Waals surface area contributed by atoms with Gasteiger partial charge in [-0.1, -0.05) is 18.2 Å². The van der Waals surface area contributed by atoms with Gasteiger partial charge < -0.3 is 20.5 Å². The van der Waals surface area contributed by atoms with Crippen LogP contribution in [0.5, 0.6) is 0 Å². The lowest BCUT2D eigenvalue weighted by Gasteiger charge is -2.10. The minimum atomic E-state index is -0.125. The summed E-state index contributed by atoms with van der Waals surface area (Å²) in [6.45, 7) is 0.188. The van der Waals surface area contributed by atoms with Crippen LogP contribution >= 0.6 is 0 Å². The molecule has 0 atom stereocenters. The number of fused-ring (bicyclic) bond motifs is 1. The lowest BCUT2D eigenvalue weighted by Crippen LogP contribution is -2.18. The maximum absolute atomic E-state index is 12.5. The van der Waals surface area contributed by atoms with Crippen LogP contribution in [0.15, 0.2) is 91.6 Å². The maximum atomic E-state index is 12.5. The van der Waals surface area contributed by atoms with E-state index in [4.69, 9.17) is 0 Å². The van der Waals surface area contributed by atoms with Gasteiger partial charge in [0.2, 0.25) is 5.91 Å². The van der Waals surface area contributed by atoms with E-state index < -0.39 is 0 Å². The molecule has 2 aromatic carbocycles. The molecular weight excluding hydrogens is 416 g/mol. The number of hydrogen-bond acceptors (Lipinski definition) is 7. The van der Waals surface area contributed by atoms with E-state index in [0.29, 0.717) is 23.1 Å². The van der Waals surface area contributed by atoms with Gasteiger partial charge in [0.1, 0.15) is 30.3 Å². The van der Waals surface area contributed by atoms with Crippen molar-refractivity contribution >= 4 is 45.8 Å². The summed E-state index contributed by atoms with van der Waals surface area (Å²) in [6, 6.07) is 22.5. The number of nitrogens with one attached hydrogen (secondary N) is 3. The van der Waals surface area contributed by atoms with Crippen LogP contribution in [0.4, 0.5) is 28.8 Å². The van der Waals surface area contributed by atoms with Gasteiger partial charge in [0.25, 0.3) is 0 Å². The van der Waals surface area contributed by atoms with Crippen LogP contribution < -0.4 is 16.0 Å². The highest BCUT2D eigenvalue weighted by Crippen LogP contribution is 2.20. The zero-order valence-corrected chi connectivity index (χ0v) is 17.5. The summed E-state index contributed by atoms with van der Waals surface area (Å²) in [7, 11) is 0. The topological polar surface area (TPSA) is 110 Å². The third kappa shape index (κ3) is 4.93. The highest BCUT2D eigenvalue weighted by atomic mass is 16.1. The number of nitrogens with zero attached hydrogens (tertiary/aromatic N) is 5. The number of para-hydroxylation sites is 2. The second kappa shape index (κ2) is 9.15. The Balaban J connectivity index is 1.20. The Morgan fingerprint density at radius 1 is 0.758 bits per heavy atom. The van der Waals surface area contributed by atoms with Gasteiger partial charge in [0.15, 0.2) is 0 Å². The third-order valence-corrected chi connectivity index (χ3v) is 4.87. The van der Waals surface area contributed by atoms with Crippen LogP contribution in [-0.4, -0.2) is 30.4 Å². The Kier molecular flexibility index (Phi) is 5.58. The van der Waals surface area contributed by atoms with E-state index in [-0.39, 0.29) is 12.5 Å². The predicted molar refractivity (Wildman–Crippen MR) is 128 cm³/mol. The molecule has 0 spiro atoms. The molecule has 33 heavy (non-hydrogen) atoms. The van der Waals surface area contributed by atoms with Gasteiger partial charge >= 0.3 is 0 Å². The molecule has 3 heterocycles. The number of benzene rings is 2. The second-order valence-corrected chi connectivity index (χ2v) is 7.24. The zero-order valence-electron chi connectivity index (χ0n) is 17.5. The third-order valence-electron chi connectivity index (χ3n) is 4.87. The van der Waals surface area contributed by atoms with Crippen molar-refractivity contribution in [3.05, 3.63) is 91.6 Å². The molecule has 3 aromatic heterocycles. The van der Waals surface area contributed by atoms with Gasteiger partial charge in [-0.15, -0.1) is 0 Å². The summed E-state index contributed by atoms with van der Waals surface area (Å²) in [5, 5.41) is 9.28. The number of rotatable bonds is 7. The fourth-order valence-corrected chi connectivity index (χ4v) is 3.34. The van der Waals surface area contributed by atoms with Gasteiger partial charge in [-0.05, 0) is 48.5 Å². The highest BCUT2D eigenvalue weighted by Gasteiger charge is 2.08. The molecule has 0 saturated heterocycles. The summed E-state index contributed by atoms with van der Waals surface area (Å²) in [4.78, 5) is 29.5. The van der Waals surface area contributed by atoms with Crippen molar-refractivity contribution in [1.29, 1.82) is 0 Å². The average molecular weight is 436 g/mol. The van der Waals surface area contributed by atoms with E-state index in [0.717, 1.165) is 16.7 Å². The quantitative estimate of drug-likeness (QED) is 0.348. The first-order valence-corrected chi connectivity index (χ1v) is 10.3. The van der Waals surface area contributed by atoms with E-state index in [9.17, 15) is 4.79 Å². The van der Waals surface area contributed by atoms with Crippen LogP contribution in [0, 0.1) is 0 Å². The van der Waals surface area contributed by atoms with Gasteiger partial charge in [-0.2, -0.15) is 0 Å². The molecule has 0 aliphatic heterocycles. The van der Waals surface area contributed by atoms with Crippen molar-refractivity contribution < 1.29 is 4.79 Å². The number of amides is 1. The molecule has 0 aliphatic carbocycles. The highest BCUT2D eigenvalue weighted by molar-refractivity contribution is 5.91. The first-order valence-electron chi connectivity index (χ1n) is 10.3. The van der Waals surface area contributed by atoms with Crippen molar-refractivity contribution in [2.45, 2.75) is 6.54 Å². The zero-order chi connectivity index (χ0) is 22.5. The number of carbonyl (C=O) groups is 1. The van der Waals surface area contributed by atoms with Crippen molar-refractivity contribution in [2.24, 2.45) is 0 Å². The van der Waals surface area contributed by atoms with Crippen LogP contribution in [0.25, 0.3) is 11.0 Å². The molecule has 0 aliphatic rings. The van der Waals surface area contributed by atoms with Gasteiger partial charge in [-0.25, -0.2) is 19.9 Å².